The van der Waals surface area contributed by atoms with E-state index in [-0.39, 0.29) is 11.1 Å². The summed E-state index contributed by atoms with van der Waals surface area (Å²) in [7, 11) is 0. The monoisotopic (exact) mass is 525 g/mol. The molecule has 0 radical (unpaired) electrons. The summed E-state index contributed by atoms with van der Waals surface area (Å²) in [4.78, 5) is 18.0. The van der Waals surface area contributed by atoms with Crippen molar-refractivity contribution in [2.45, 2.75) is 58.9 Å². The van der Waals surface area contributed by atoms with Gasteiger partial charge in [0.2, 0.25) is 5.82 Å². The fraction of sp³-hybridized carbons (Fsp3) is 0.300. The zero-order valence-electron chi connectivity index (χ0n) is 22.6. The van der Waals surface area contributed by atoms with Crippen molar-refractivity contribution < 1.29 is 4.39 Å². The van der Waals surface area contributed by atoms with Crippen LogP contribution in [-0.4, -0.2) is 34.7 Å². The van der Waals surface area contributed by atoms with Gasteiger partial charge < -0.3 is 0 Å². The van der Waals surface area contributed by atoms with Crippen molar-refractivity contribution in [1.82, 2.24) is 34.7 Å². The van der Waals surface area contributed by atoms with Crippen LogP contribution in [0.3, 0.4) is 0 Å². The molecule has 0 aliphatic rings. The number of aromatic amines is 1. The van der Waals surface area contributed by atoms with Gasteiger partial charge >= 0.3 is 5.69 Å². The number of tetrazole rings is 1. The first kappa shape index (κ1) is 26.2. The van der Waals surface area contributed by atoms with Gasteiger partial charge in [-0.3, -0.25) is 14.1 Å². The zero-order valence-corrected chi connectivity index (χ0v) is 22.6. The number of aromatic nitrogens is 7. The van der Waals surface area contributed by atoms with E-state index in [2.05, 4.69) is 32.5 Å². The molecule has 200 valence electrons. The zero-order chi connectivity index (χ0) is 27.6. The molecule has 0 unspecified atom stereocenters. The molecule has 5 rings (SSSR count). The second kappa shape index (κ2) is 10.8. The highest BCUT2D eigenvalue weighted by Gasteiger charge is 2.24. The van der Waals surface area contributed by atoms with E-state index in [9.17, 15) is 4.79 Å². The fourth-order valence-corrected chi connectivity index (χ4v) is 4.85. The third-order valence-corrected chi connectivity index (χ3v) is 6.90. The van der Waals surface area contributed by atoms with E-state index in [0.29, 0.717) is 18.1 Å². The number of nitrogens with zero attached hydrogens (tertiary/aromatic N) is 6. The van der Waals surface area contributed by atoms with E-state index in [1.807, 2.05) is 63.4 Å². The number of hydrogen-bond acceptors (Lipinski definition) is 5. The first-order valence-corrected chi connectivity index (χ1v) is 13.2. The molecular weight excluding hydrogens is 493 g/mol. The van der Waals surface area contributed by atoms with Crippen molar-refractivity contribution in [3.05, 3.63) is 100 Å². The Morgan fingerprint density at radius 1 is 1.03 bits per heavy atom. The van der Waals surface area contributed by atoms with E-state index in [1.54, 1.807) is 23.0 Å². The summed E-state index contributed by atoms with van der Waals surface area (Å²) in [6.07, 6.45) is 7.92. The molecule has 2 aromatic carbocycles. The molecule has 0 saturated heterocycles. The molecule has 0 saturated carbocycles. The highest BCUT2D eigenvalue weighted by Crippen LogP contribution is 2.31. The van der Waals surface area contributed by atoms with Crippen molar-refractivity contribution in [3.8, 4) is 28.2 Å². The second-order valence-corrected chi connectivity index (χ2v) is 10.7. The fourth-order valence-electron chi connectivity index (χ4n) is 4.85. The van der Waals surface area contributed by atoms with Gasteiger partial charge in [0.15, 0.2) is 0 Å². The predicted molar refractivity (Wildman–Crippen MR) is 149 cm³/mol. The van der Waals surface area contributed by atoms with Crippen LogP contribution < -0.4 is 5.69 Å². The molecule has 5 aromatic rings. The quantitative estimate of drug-likeness (QED) is 0.280. The van der Waals surface area contributed by atoms with E-state index >= 15 is 4.39 Å². The molecule has 8 nitrogen and oxygen atoms in total. The first-order valence-electron chi connectivity index (χ1n) is 13.2. The lowest BCUT2D eigenvalue weighted by atomic mass is 9.85. The van der Waals surface area contributed by atoms with Crippen molar-refractivity contribution in [1.29, 1.82) is 0 Å². The summed E-state index contributed by atoms with van der Waals surface area (Å²) >= 11 is 0. The van der Waals surface area contributed by atoms with Crippen LogP contribution in [-0.2, 0) is 18.4 Å². The molecule has 0 atom stereocenters. The van der Waals surface area contributed by atoms with E-state index < -0.39 is 5.82 Å². The van der Waals surface area contributed by atoms with Gasteiger partial charge in [-0.15, -0.1) is 10.2 Å². The highest BCUT2D eigenvalue weighted by molar-refractivity contribution is 5.79. The summed E-state index contributed by atoms with van der Waals surface area (Å²) in [6.45, 7) is 8.59. The van der Waals surface area contributed by atoms with Gasteiger partial charge in [0.05, 0.1) is 12.2 Å². The standard InChI is InChI=1S/C30H32FN7O/c1-5-6-8-22-19-38(27-25(30(2,3)4)9-7-10-26(27)31)29(39)37(22)18-20-11-13-21(14-12-20)23-15-16-32-17-24(23)28-33-35-36-34-28/h7,9-17,19H,5-6,8,18H2,1-4H3,(H,33,34,35,36). The van der Waals surface area contributed by atoms with Crippen molar-refractivity contribution in [3.63, 3.8) is 0 Å². The van der Waals surface area contributed by atoms with Crippen LogP contribution in [0.15, 0.2) is 71.9 Å². The Morgan fingerprint density at radius 2 is 1.82 bits per heavy atom. The van der Waals surface area contributed by atoms with Gasteiger partial charge in [-0.05, 0) is 57.9 Å². The predicted octanol–water partition coefficient (Wildman–Crippen LogP) is 5.71. The number of nitrogens with one attached hydrogen (secondary N) is 1. The lowest BCUT2D eigenvalue weighted by molar-refractivity contribution is 0.560. The number of halogens is 1. The molecule has 0 fully saturated rings. The number of rotatable bonds is 8. The molecule has 9 heteroatoms. The van der Waals surface area contributed by atoms with Gasteiger partial charge in [0, 0.05) is 29.8 Å². The summed E-state index contributed by atoms with van der Waals surface area (Å²) in [5, 5.41) is 14.3. The minimum atomic E-state index is -0.400. The summed E-state index contributed by atoms with van der Waals surface area (Å²) in [5.74, 6) is 0.0706. The molecular formula is C30H32FN7O. The summed E-state index contributed by atoms with van der Waals surface area (Å²) < 4.78 is 18.5. The molecule has 0 bridgehead atoms. The first-order chi connectivity index (χ1) is 18.8. The number of benzene rings is 2. The number of imidazole rings is 1. The smallest absolute Gasteiger partial charge is 0.292 e. The van der Waals surface area contributed by atoms with Crippen LogP contribution in [0, 0.1) is 5.82 Å². The number of para-hydroxylation sites is 1. The van der Waals surface area contributed by atoms with Crippen molar-refractivity contribution in [2.75, 3.05) is 0 Å². The van der Waals surface area contributed by atoms with Crippen LogP contribution in [0.4, 0.5) is 4.39 Å². The average Bonchev–Trinajstić information content (AvgIpc) is 3.56. The highest BCUT2D eigenvalue weighted by atomic mass is 19.1. The third kappa shape index (κ3) is 5.30. The Morgan fingerprint density at radius 3 is 2.51 bits per heavy atom. The Labute approximate surface area is 226 Å². The lowest BCUT2D eigenvalue weighted by Gasteiger charge is -2.23. The topological polar surface area (TPSA) is 94.3 Å². The van der Waals surface area contributed by atoms with E-state index in [4.69, 9.17) is 0 Å². The number of hydrogen-bond donors (Lipinski definition) is 1. The Hall–Kier alpha value is -4.40. The molecule has 0 amide bonds. The van der Waals surface area contributed by atoms with Gasteiger partial charge in [0.25, 0.3) is 0 Å². The van der Waals surface area contributed by atoms with Crippen LogP contribution in [0.5, 0.6) is 0 Å². The number of aryl methyl sites for hydroxylation is 1. The van der Waals surface area contributed by atoms with Crippen LogP contribution in [0.2, 0.25) is 0 Å². The molecule has 39 heavy (non-hydrogen) atoms. The normalized spacial score (nSPS) is 11.7. The van der Waals surface area contributed by atoms with E-state index in [1.165, 1.54) is 10.6 Å². The third-order valence-electron chi connectivity index (χ3n) is 6.90. The molecule has 1 N–H and O–H groups in total. The largest absolute Gasteiger partial charge is 0.333 e. The number of pyridine rings is 1. The van der Waals surface area contributed by atoms with E-state index in [0.717, 1.165) is 52.8 Å². The van der Waals surface area contributed by atoms with Crippen molar-refractivity contribution >= 4 is 0 Å². The van der Waals surface area contributed by atoms with Gasteiger partial charge in [0.1, 0.15) is 5.82 Å². The van der Waals surface area contributed by atoms with Gasteiger partial charge in [-0.1, -0.05) is 70.5 Å². The maximum Gasteiger partial charge on any atom is 0.333 e. The minimum Gasteiger partial charge on any atom is -0.292 e. The van der Waals surface area contributed by atoms with Gasteiger partial charge in [-0.25, -0.2) is 9.18 Å². The second-order valence-electron chi connectivity index (χ2n) is 10.7. The van der Waals surface area contributed by atoms with Gasteiger partial charge in [-0.2, -0.15) is 5.21 Å². The summed E-state index contributed by atoms with van der Waals surface area (Å²) in [6, 6.07) is 15.0. The van der Waals surface area contributed by atoms with Crippen LogP contribution >= 0.6 is 0 Å². The Kier molecular flexibility index (Phi) is 7.24. The SMILES string of the molecule is CCCCc1cn(-c2c(F)cccc2C(C)(C)C)c(=O)n1Cc1ccc(-c2ccncc2-c2nn[nH]n2)cc1. The van der Waals surface area contributed by atoms with Crippen molar-refractivity contribution in [2.24, 2.45) is 0 Å². The molecule has 3 heterocycles. The molecule has 0 aliphatic carbocycles. The minimum absolute atomic E-state index is 0.241. The maximum absolute atomic E-state index is 15.2. The Bertz CT molecular complexity index is 1630. The molecule has 0 aliphatic heterocycles. The maximum atomic E-state index is 15.2. The number of H-pyrrole nitrogens is 1. The molecule has 3 aromatic heterocycles. The lowest BCUT2D eigenvalue weighted by Crippen LogP contribution is -2.27. The Balaban J connectivity index is 1.52. The summed E-state index contributed by atoms with van der Waals surface area (Å²) in [5.41, 5.74) is 5.08. The van der Waals surface area contributed by atoms with Crippen LogP contribution in [0.25, 0.3) is 28.2 Å². The molecule has 0 spiro atoms. The van der Waals surface area contributed by atoms with Crippen LogP contribution in [0.1, 0.15) is 57.4 Å². The average molecular weight is 526 g/mol. The number of unbranched alkanes of at least 4 members (excludes halogenated alkanes) is 1.